The second-order valence-corrected chi connectivity index (χ2v) is 14.1. The van der Waals surface area contributed by atoms with Crippen molar-refractivity contribution in [1.29, 1.82) is 0 Å². The van der Waals surface area contributed by atoms with E-state index in [1.165, 1.54) is 0 Å². The van der Waals surface area contributed by atoms with E-state index in [9.17, 15) is 0 Å². The first-order valence-electron chi connectivity index (χ1n) is 18.4. The number of nitrogens with zero attached hydrogens (tertiary/aromatic N) is 4. The van der Waals surface area contributed by atoms with Crippen LogP contribution in [0.3, 0.4) is 0 Å². The average Bonchev–Trinajstić information content (AvgIpc) is 3.95. The fourth-order valence-electron chi connectivity index (χ4n) is 7.23. The molecule has 0 atom stereocenters. The molecule has 3 N–H and O–H groups in total. The number of nitrogens with one attached hydrogen (secondary N) is 1. The number of halogens is 1. The second-order valence-electron chi connectivity index (χ2n) is 13.7. The lowest BCUT2D eigenvalue weighted by Crippen LogP contribution is -2.28. The summed E-state index contributed by atoms with van der Waals surface area (Å²) in [5.41, 5.74) is 16.0. The zero-order valence-corrected chi connectivity index (χ0v) is 30.3. The number of rotatable bonds is 6. The minimum Gasteiger partial charge on any atom is -0.436 e. The number of fused-ring (bicyclic) bond motifs is 3. The summed E-state index contributed by atoms with van der Waals surface area (Å²) < 4.78 is 25.1. The first-order chi connectivity index (χ1) is 26.6. The van der Waals surface area contributed by atoms with Crippen molar-refractivity contribution in [1.82, 2.24) is 19.5 Å². The summed E-state index contributed by atoms with van der Waals surface area (Å²) in [7, 11) is 0. The van der Waals surface area contributed by atoms with Crippen LogP contribution < -0.4 is 11.1 Å². The Balaban J connectivity index is 0.000000149. The Hall–Kier alpha value is -5.68. The quantitative estimate of drug-likeness (QED) is 0.160. The molecule has 5 aromatic carbocycles. The monoisotopic (exact) mass is 738 g/mol. The fourth-order valence-corrected chi connectivity index (χ4v) is 7.35. The molecular weight excluding hydrogens is 700 g/mol. The summed E-state index contributed by atoms with van der Waals surface area (Å²) in [6, 6.07) is 36.3. The number of aromatic nitrogens is 4. The molecule has 2 fully saturated rings. The van der Waals surface area contributed by atoms with E-state index in [1.54, 1.807) is 0 Å². The highest BCUT2D eigenvalue weighted by molar-refractivity contribution is 6.30. The van der Waals surface area contributed by atoms with Gasteiger partial charge in [-0.3, -0.25) is 0 Å². The number of para-hydroxylation sites is 4. The van der Waals surface area contributed by atoms with Crippen molar-refractivity contribution in [3.8, 4) is 34.3 Å². The van der Waals surface area contributed by atoms with E-state index in [1.807, 2.05) is 91.0 Å². The van der Waals surface area contributed by atoms with Gasteiger partial charge in [0.2, 0.25) is 11.8 Å². The van der Waals surface area contributed by atoms with Gasteiger partial charge in [0.15, 0.2) is 11.2 Å². The van der Waals surface area contributed by atoms with Crippen LogP contribution in [-0.4, -0.2) is 52.0 Å². The third-order valence-electron chi connectivity index (χ3n) is 10.1. The molecule has 11 heteroatoms. The molecule has 8 aromatic rings. The lowest BCUT2D eigenvalue weighted by Gasteiger charge is -2.26. The van der Waals surface area contributed by atoms with Crippen molar-refractivity contribution >= 4 is 56.2 Å². The van der Waals surface area contributed by atoms with E-state index in [2.05, 4.69) is 38.1 Å². The number of nitrogens with two attached hydrogens (primary N) is 1. The van der Waals surface area contributed by atoms with Crippen molar-refractivity contribution in [3.05, 3.63) is 114 Å². The normalized spacial score (nSPS) is 15.4. The summed E-state index contributed by atoms with van der Waals surface area (Å²) in [5, 5.41) is 4.22. The number of hydrogen-bond acceptors (Lipinski definition) is 9. The number of ether oxygens (including phenoxy) is 2. The molecule has 10 rings (SSSR count). The van der Waals surface area contributed by atoms with Gasteiger partial charge in [-0.1, -0.05) is 35.9 Å². The van der Waals surface area contributed by atoms with Gasteiger partial charge in [-0.15, -0.1) is 0 Å². The molecule has 0 radical (unpaired) electrons. The summed E-state index contributed by atoms with van der Waals surface area (Å²) in [6.07, 6.45) is 3.95. The van der Waals surface area contributed by atoms with Crippen molar-refractivity contribution in [2.45, 2.75) is 37.8 Å². The predicted molar refractivity (Wildman–Crippen MR) is 214 cm³/mol. The first kappa shape index (κ1) is 34.1. The molecule has 10 nitrogen and oxygen atoms in total. The minimum absolute atomic E-state index is 0.347. The van der Waals surface area contributed by atoms with Crippen molar-refractivity contribution in [3.63, 3.8) is 0 Å². The Labute approximate surface area is 316 Å². The van der Waals surface area contributed by atoms with E-state index >= 15 is 0 Å². The van der Waals surface area contributed by atoms with Crippen LogP contribution in [0.25, 0.3) is 67.5 Å². The molecule has 0 amide bonds. The minimum atomic E-state index is 0.347. The highest BCUT2D eigenvalue weighted by Gasteiger charge is 2.23. The Bertz CT molecular complexity index is 2480. The zero-order chi connectivity index (χ0) is 36.4. The van der Waals surface area contributed by atoms with Gasteiger partial charge in [0.25, 0.3) is 0 Å². The first-order valence-corrected chi connectivity index (χ1v) is 18.7. The van der Waals surface area contributed by atoms with Gasteiger partial charge in [-0.2, -0.15) is 0 Å². The summed E-state index contributed by atoms with van der Waals surface area (Å²) in [4.78, 5) is 14.2. The van der Waals surface area contributed by atoms with Crippen LogP contribution in [0.2, 0.25) is 5.02 Å². The maximum absolute atomic E-state index is 6.21. The van der Waals surface area contributed by atoms with Gasteiger partial charge in [-0.25, -0.2) is 15.0 Å². The molecule has 2 saturated heterocycles. The number of nitrogen functional groups attached to an aromatic ring is 1. The van der Waals surface area contributed by atoms with Gasteiger partial charge in [0.1, 0.15) is 16.9 Å². The van der Waals surface area contributed by atoms with Gasteiger partial charge < -0.3 is 33.9 Å². The lowest BCUT2D eigenvalue weighted by atomic mass is 10.1. The topological polar surface area (TPSA) is 126 Å². The van der Waals surface area contributed by atoms with E-state index in [0.29, 0.717) is 29.6 Å². The second kappa shape index (κ2) is 15.0. The predicted octanol–water partition coefficient (Wildman–Crippen LogP) is 10.2. The molecule has 2 aliphatic heterocycles. The average molecular weight is 739 g/mol. The Morgan fingerprint density at radius 2 is 1.19 bits per heavy atom. The number of imidazole rings is 1. The van der Waals surface area contributed by atoms with Crippen LogP contribution in [-0.2, 0) is 9.47 Å². The molecule has 0 spiro atoms. The highest BCUT2D eigenvalue weighted by atomic mass is 35.5. The molecule has 5 heterocycles. The third-order valence-corrected chi connectivity index (χ3v) is 10.3. The standard InChI is InChI=1S/C25H20ClN3O2.C18H19N3O2/c26-18-8-5-16(6-9-18)24-27-21-15-17(25-28-20-3-1-2-4-23(20)31-25)7-10-22(21)29(24)19-11-13-30-14-12-19;19-14-11-12(18-21-16-3-1-2-4-17(16)23-18)5-6-15(14)20-13-7-9-22-10-8-13/h1-10,15,19H,11-14H2;1-6,11,13,20H,7-10,19H2. The van der Waals surface area contributed by atoms with Crippen molar-refractivity contribution in [2.75, 3.05) is 37.5 Å². The Kier molecular flexibility index (Phi) is 9.46. The van der Waals surface area contributed by atoms with Crippen LogP contribution in [0.1, 0.15) is 31.7 Å². The molecule has 0 saturated carbocycles. The third kappa shape index (κ3) is 7.03. The number of hydrogen-bond donors (Lipinski definition) is 2. The summed E-state index contributed by atoms with van der Waals surface area (Å²) in [6.45, 7) is 3.15. The van der Waals surface area contributed by atoms with E-state index < -0.39 is 0 Å². The van der Waals surface area contributed by atoms with Crippen LogP contribution in [0.15, 0.2) is 118 Å². The number of anilines is 2. The molecule has 54 heavy (non-hydrogen) atoms. The molecule has 0 unspecified atom stereocenters. The maximum Gasteiger partial charge on any atom is 0.227 e. The summed E-state index contributed by atoms with van der Waals surface area (Å²) in [5.74, 6) is 2.15. The zero-order valence-electron chi connectivity index (χ0n) is 29.6. The molecule has 0 bridgehead atoms. The highest BCUT2D eigenvalue weighted by Crippen LogP contribution is 2.36. The number of oxazole rings is 2. The molecule has 0 aliphatic carbocycles. The van der Waals surface area contributed by atoms with Gasteiger partial charge in [-0.05, 0) is 111 Å². The van der Waals surface area contributed by atoms with Gasteiger partial charge in [0.05, 0.1) is 22.4 Å². The van der Waals surface area contributed by atoms with Crippen molar-refractivity contribution in [2.24, 2.45) is 0 Å². The van der Waals surface area contributed by atoms with Crippen LogP contribution in [0.5, 0.6) is 0 Å². The lowest BCUT2D eigenvalue weighted by molar-refractivity contribution is 0.0710. The Morgan fingerprint density at radius 3 is 1.81 bits per heavy atom. The van der Waals surface area contributed by atoms with Gasteiger partial charge >= 0.3 is 0 Å². The van der Waals surface area contributed by atoms with Crippen LogP contribution in [0.4, 0.5) is 11.4 Å². The fraction of sp³-hybridized carbons (Fsp3) is 0.233. The molecule has 2 aliphatic rings. The van der Waals surface area contributed by atoms with Crippen LogP contribution in [0, 0.1) is 0 Å². The van der Waals surface area contributed by atoms with E-state index in [0.717, 1.165) is 119 Å². The molecular formula is C43H39ClN6O4. The Morgan fingerprint density at radius 1 is 0.611 bits per heavy atom. The van der Waals surface area contributed by atoms with Crippen LogP contribution >= 0.6 is 11.6 Å². The molecule has 3 aromatic heterocycles. The maximum atomic E-state index is 6.21. The van der Waals surface area contributed by atoms with E-state index in [4.69, 9.17) is 40.6 Å². The number of benzene rings is 5. The largest absolute Gasteiger partial charge is 0.436 e. The van der Waals surface area contributed by atoms with Gasteiger partial charge in [0, 0.05) is 60.2 Å². The summed E-state index contributed by atoms with van der Waals surface area (Å²) >= 11 is 6.13. The SMILES string of the molecule is Clc1ccc(-c2nc3cc(-c4nc5ccccc5o4)ccc3n2C2CCOCC2)cc1.Nc1cc(-c2nc3ccccc3o2)ccc1NC1CCOCC1. The van der Waals surface area contributed by atoms with E-state index in [-0.39, 0.29) is 0 Å². The molecule has 272 valence electrons. The smallest absolute Gasteiger partial charge is 0.227 e. The van der Waals surface area contributed by atoms with Crippen molar-refractivity contribution < 1.29 is 18.3 Å².